The molecule has 0 aliphatic carbocycles. The molecule has 2 aromatic heterocycles. The van der Waals surface area contributed by atoms with Gasteiger partial charge in [0.2, 0.25) is 11.3 Å². The van der Waals surface area contributed by atoms with Crippen LogP contribution in [0.15, 0.2) is 84.0 Å². The first-order valence-corrected chi connectivity index (χ1v) is 11.5. The average molecular weight is 470 g/mol. The minimum atomic E-state index is -0.416. The van der Waals surface area contributed by atoms with Gasteiger partial charge < -0.3 is 14.6 Å². The van der Waals surface area contributed by atoms with E-state index in [0.29, 0.717) is 22.2 Å². The van der Waals surface area contributed by atoms with Crippen molar-refractivity contribution in [2.24, 2.45) is 0 Å². The van der Waals surface area contributed by atoms with Gasteiger partial charge in [0.25, 0.3) is 0 Å². The predicted octanol–water partition coefficient (Wildman–Crippen LogP) is 3.77. The van der Waals surface area contributed by atoms with Gasteiger partial charge >= 0.3 is 0 Å². The van der Waals surface area contributed by atoms with Gasteiger partial charge in [0, 0.05) is 41.6 Å². The highest BCUT2D eigenvalue weighted by molar-refractivity contribution is 6.10. The summed E-state index contributed by atoms with van der Waals surface area (Å²) in [5, 5.41) is 3.37. The van der Waals surface area contributed by atoms with Crippen molar-refractivity contribution in [2.75, 3.05) is 7.11 Å². The van der Waals surface area contributed by atoms with Crippen molar-refractivity contribution in [3.8, 4) is 5.75 Å². The molecule has 178 valence electrons. The SMILES string of the molecule is COc1ccc2c(=O)c(C(=O)c3ccncc3)cn(CC(=O)N[C@H](C)CCc3ccccc3)c2c1. The molecule has 4 aromatic rings. The molecule has 35 heavy (non-hydrogen) atoms. The second-order valence-electron chi connectivity index (χ2n) is 8.44. The van der Waals surface area contributed by atoms with Crippen LogP contribution in [-0.4, -0.2) is 34.4 Å². The summed E-state index contributed by atoms with van der Waals surface area (Å²) in [5.74, 6) is -0.0726. The third kappa shape index (κ3) is 5.63. The molecule has 7 heteroatoms. The maximum Gasteiger partial charge on any atom is 0.240 e. The van der Waals surface area contributed by atoms with Crippen LogP contribution in [0.1, 0.15) is 34.8 Å². The number of amides is 1. The number of hydrogen-bond donors (Lipinski definition) is 1. The van der Waals surface area contributed by atoms with Crippen molar-refractivity contribution in [1.29, 1.82) is 0 Å². The Morgan fingerprint density at radius 3 is 2.51 bits per heavy atom. The minimum Gasteiger partial charge on any atom is -0.497 e. The summed E-state index contributed by atoms with van der Waals surface area (Å²) in [6, 6.07) is 18.2. The van der Waals surface area contributed by atoms with Crippen LogP contribution < -0.4 is 15.5 Å². The summed E-state index contributed by atoms with van der Waals surface area (Å²) in [6.45, 7) is 1.92. The molecular formula is C28H27N3O4. The number of carbonyl (C=O) groups excluding carboxylic acids is 2. The summed E-state index contributed by atoms with van der Waals surface area (Å²) in [7, 11) is 1.53. The fraction of sp³-hybridized carbons (Fsp3) is 0.214. The minimum absolute atomic E-state index is 0.00112. The van der Waals surface area contributed by atoms with Gasteiger partial charge in [0.05, 0.1) is 18.2 Å². The third-order valence-electron chi connectivity index (χ3n) is 5.91. The maximum atomic E-state index is 13.2. The summed E-state index contributed by atoms with van der Waals surface area (Å²) in [6.07, 6.45) is 6.11. The molecule has 7 nitrogen and oxygen atoms in total. The molecule has 0 aliphatic heterocycles. The Morgan fingerprint density at radius 2 is 1.80 bits per heavy atom. The number of fused-ring (bicyclic) bond motifs is 1. The molecule has 1 atom stereocenters. The summed E-state index contributed by atoms with van der Waals surface area (Å²) in [4.78, 5) is 43.2. The summed E-state index contributed by atoms with van der Waals surface area (Å²) < 4.78 is 6.95. The van der Waals surface area contributed by atoms with E-state index >= 15 is 0 Å². The molecule has 2 heterocycles. The number of ether oxygens (including phenoxy) is 1. The Labute approximate surface area is 203 Å². The van der Waals surface area contributed by atoms with Gasteiger partial charge in [-0.05, 0) is 49.6 Å². The van der Waals surface area contributed by atoms with Crippen LogP contribution in [0.25, 0.3) is 10.9 Å². The molecule has 1 N–H and O–H groups in total. The molecule has 0 spiro atoms. The fourth-order valence-corrected chi connectivity index (χ4v) is 4.02. The topological polar surface area (TPSA) is 90.3 Å². The number of carbonyl (C=O) groups is 2. The molecule has 0 fully saturated rings. The molecule has 0 saturated carbocycles. The number of rotatable bonds is 9. The first kappa shape index (κ1) is 23.9. The van der Waals surface area contributed by atoms with Crippen LogP contribution in [0.4, 0.5) is 0 Å². The molecule has 0 unspecified atom stereocenters. The highest BCUT2D eigenvalue weighted by atomic mass is 16.5. The van der Waals surface area contributed by atoms with E-state index in [-0.39, 0.29) is 24.1 Å². The third-order valence-corrected chi connectivity index (χ3v) is 5.91. The highest BCUT2D eigenvalue weighted by Gasteiger charge is 2.19. The van der Waals surface area contributed by atoms with Crippen molar-refractivity contribution in [3.63, 3.8) is 0 Å². The predicted molar refractivity (Wildman–Crippen MR) is 135 cm³/mol. The van der Waals surface area contributed by atoms with Gasteiger partial charge in [-0.15, -0.1) is 0 Å². The molecule has 0 bridgehead atoms. The number of aryl methyl sites for hydroxylation is 1. The molecule has 1 amide bonds. The van der Waals surface area contributed by atoms with Crippen molar-refractivity contribution in [1.82, 2.24) is 14.9 Å². The molecule has 0 aliphatic rings. The zero-order chi connectivity index (χ0) is 24.8. The molecule has 0 radical (unpaired) electrons. The van der Waals surface area contributed by atoms with E-state index in [1.165, 1.54) is 31.3 Å². The molecular weight excluding hydrogens is 442 g/mol. The monoisotopic (exact) mass is 469 g/mol. The van der Waals surface area contributed by atoms with Crippen LogP contribution >= 0.6 is 0 Å². The highest BCUT2D eigenvalue weighted by Crippen LogP contribution is 2.20. The Balaban J connectivity index is 1.61. The number of methoxy groups -OCH3 is 1. The number of nitrogens with one attached hydrogen (secondary N) is 1. The number of hydrogen-bond acceptors (Lipinski definition) is 5. The lowest BCUT2D eigenvalue weighted by Crippen LogP contribution is -2.36. The van der Waals surface area contributed by atoms with Gasteiger partial charge in [-0.25, -0.2) is 0 Å². The van der Waals surface area contributed by atoms with Crippen molar-refractivity contribution < 1.29 is 14.3 Å². The lowest BCUT2D eigenvalue weighted by atomic mass is 10.0. The van der Waals surface area contributed by atoms with Crippen LogP contribution in [0.5, 0.6) is 5.75 Å². The summed E-state index contributed by atoms with van der Waals surface area (Å²) >= 11 is 0. The van der Waals surface area contributed by atoms with Crippen molar-refractivity contribution >= 4 is 22.6 Å². The number of nitrogens with zero attached hydrogens (tertiary/aromatic N) is 2. The maximum absolute atomic E-state index is 13.2. The van der Waals surface area contributed by atoms with Gasteiger partial charge in [0.15, 0.2) is 5.78 Å². The standard InChI is InChI=1S/C28H27N3O4/c1-19(8-9-20-6-4-3-5-7-20)30-26(32)18-31-17-24(27(33)21-12-14-29-15-13-21)28(34)23-11-10-22(35-2)16-25(23)31/h3-7,10-17,19H,8-9,18H2,1-2H3,(H,30,32)/t19-/m1/s1. The van der Waals surface area contributed by atoms with Crippen LogP contribution in [-0.2, 0) is 17.8 Å². The Kier molecular flexibility index (Phi) is 7.35. The number of ketones is 1. The van der Waals surface area contributed by atoms with Crippen LogP contribution in [0.2, 0.25) is 0 Å². The van der Waals surface area contributed by atoms with E-state index in [2.05, 4.69) is 22.4 Å². The normalized spacial score (nSPS) is 11.7. The Morgan fingerprint density at radius 1 is 1.06 bits per heavy atom. The Bertz CT molecular complexity index is 1400. The average Bonchev–Trinajstić information content (AvgIpc) is 2.89. The van der Waals surface area contributed by atoms with Gasteiger partial charge in [-0.3, -0.25) is 19.4 Å². The largest absolute Gasteiger partial charge is 0.497 e. The zero-order valence-corrected chi connectivity index (χ0v) is 19.7. The van der Waals surface area contributed by atoms with E-state index < -0.39 is 11.2 Å². The van der Waals surface area contributed by atoms with Crippen molar-refractivity contribution in [3.05, 3.63) is 106 Å². The van der Waals surface area contributed by atoms with Gasteiger partial charge in [-0.1, -0.05) is 30.3 Å². The Hall–Kier alpha value is -4.26. The lowest BCUT2D eigenvalue weighted by molar-refractivity contribution is -0.122. The first-order chi connectivity index (χ1) is 17.0. The van der Waals surface area contributed by atoms with E-state index in [1.54, 1.807) is 34.9 Å². The fourth-order valence-electron chi connectivity index (χ4n) is 4.02. The zero-order valence-electron chi connectivity index (χ0n) is 19.7. The van der Waals surface area contributed by atoms with E-state index in [1.807, 2.05) is 25.1 Å². The quantitative estimate of drug-likeness (QED) is 0.377. The van der Waals surface area contributed by atoms with Crippen molar-refractivity contribution in [2.45, 2.75) is 32.4 Å². The van der Waals surface area contributed by atoms with E-state index in [4.69, 9.17) is 4.74 Å². The van der Waals surface area contributed by atoms with Gasteiger partial charge in [0.1, 0.15) is 12.3 Å². The number of benzene rings is 2. The molecule has 0 saturated heterocycles. The van der Waals surface area contributed by atoms with Gasteiger partial charge in [-0.2, -0.15) is 0 Å². The summed E-state index contributed by atoms with van der Waals surface area (Å²) in [5.41, 5.74) is 1.70. The number of pyridine rings is 2. The van der Waals surface area contributed by atoms with E-state index in [9.17, 15) is 14.4 Å². The molecule has 4 rings (SSSR count). The number of aromatic nitrogens is 2. The first-order valence-electron chi connectivity index (χ1n) is 11.5. The second kappa shape index (κ2) is 10.8. The lowest BCUT2D eigenvalue weighted by Gasteiger charge is -2.17. The smallest absolute Gasteiger partial charge is 0.240 e. The molecule has 2 aromatic carbocycles. The van der Waals surface area contributed by atoms with Crippen LogP contribution in [0.3, 0.4) is 0 Å². The second-order valence-corrected chi connectivity index (χ2v) is 8.44. The van der Waals surface area contributed by atoms with E-state index in [0.717, 1.165) is 12.8 Å². The van der Waals surface area contributed by atoms with Crippen LogP contribution in [0, 0.1) is 0 Å².